The van der Waals surface area contributed by atoms with Gasteiger partial charge in [0, 0.05) is 37.5 Å². The number of allylic oxidation sites excluding steroid dienone is 3. The van der Waals surface area contributed by atoms with Crippen LogP contribution in [-0.2, 0) is 4.79 Å². The quantitative estimate of drug-likeness (QED) is 0.450. The molecule has 1 atom stereocenters. The Morgan fingerprint density at radius 2 is 1.97 bits per heavy atom. The minimum Gasteiger partial charge on any atom is -0.384 e. The van der Waals surface area contributed by atoms with E-state index in [1.54, 1.807) is 46.2 Å². The number of nitrogens with two attached hydrogens (primary N) is 1. The van der Waals surface area contributed by atoms with E-state index in [4.69, 9.17) is 28.9 Å². The van der Waals surface area contributed by atoms with Crippen LogP contribution in [0.25, 0.3) is 0 Å². The van der Waals surface area contributed by atoms with Crippen molar-refractivity contribution in [2.24, 2.45) is 11.1 Å². The molecule has 2 heterocycles. The largest absolute Gasteiger partial charge is 0.384 e. The first-order valence-corrected chi connectivity index (χ1v) is 12.9. The molecule has 32 heavy (non-hydrogen) atoms. The summed E-state index contributed by atoms with van der Waals surface area (Å²) >= 11 is 15.9. The second kappa shape index (κ2) is 8.79. The molecule has 0 unspecified atom stereocenters. The molecule has 0 radical (unpaired) electrons. The third-order valence-corrected chi connectivity index (χ3v) is 8.21. The van der Waals surface area contributed by atoms with Crippen LogP contribution >= 0.6 is 46.3 Å². The number of rotatable bonds is 4. The Balaban J connectivity index is 2.01. The number of anilines is 1. The molecule has 0 bridgehead atoms. The van der Waals surface area contributed by atoms with Crippen LogP contribution in [0.5, 0.6) is 0 Å². The summed E-state index contributed by atoms with van der Waals surface area (Å²) in [6, 6.07) is 9.55. The van der Waals surface area contributed by atoms with Crippen molar-refractivity contribution in [3.8, 4) is 6.07 Å². The number of thioether (sulfide) groups is 1. The van der Waals surface area contributed by atoms with Crippen molar-refractivity contribution >= 4 is 57.8 Å². The average molecular weight is 505 g/mol. The van der Waals surface area contributed by atoms with Gasteiger partial charge in [0.25, 0.3) is 0 Å². The van der Waals surface area contributed by atoms with Crippen LogP contribution in [-0.4, -0.2) is 11.5 Å². The monoisotopic (exact) mass is 503 g/mol. The summed E-state index contributed by atoms with van der Waals surface area (Å²) < 4.78 is 0. The topological polar surface area (TPSA) is 70.1 Å². The van der Waals surface area contributed by atoms with Crippen molar-refractivity contribution in [2.45, 2.75) is 44.4 Å². The summed E-state index contributed by atoms with van der Waals surface area (Å²) in [5, 5.41) is 13.1. The van der Waals surface area contributed by atoms with Crippen molar-refractivity contribution in [3.05, 3.63) is 67.2 Å². The highest BCUT2D eigenvalue weighted by Gasteiger charge is 2.45. The molecule has 2 aliphatic rings. The minimum absolute atomic E-state index is 0.0560. The van der Waals surface area contributed by atoms with E-state index in [-0.39, 0.29) is 11.2 Å². The van der Waals surface area contributed by atoms with E-state index in [9.17, 15) is 10.1 Å². The first kappa shape index (κ1) is 23.3. The van der Waals surface area contributed by atoms with Crippen LogP contribution < -0.4 is 10.6 Å². The van der Waals surface area contributed by atoms with Crippen LogP contribution in [0.3, 0.4) is 0 Å². The summed E-state index contributed by atoms with van der Waals surface area (Å²) in [4.78, 5) is 17.5. The van der Waals surface area contributed by atoms with E-state index < -0.39 is 5.92 Å². The summed E-state index contributed by atoms with van der Waals surface area (Å²) in [6.45, 7) is 6.25. The molecule has 4 nitrogen and oxygen atoms in total. The third-order valence-electron chi connectivity index (χ3n) is 5.71. The fourth-order valence-electron chi connectivity index (χ4n) is 4.53. The first-order chi connectivity index (χ1) is 15.2. The number of hydrogen-bond donors (Lipinski definition) is 1. The van der Waals surface area contributed by atoms with Gasteiger partial charge in [0.05, 0.1) is 23.2 Å². The first-order valence-electron chi connectivity index (χ1n) is 10.3. The lowest BCUT2D eigenvalue weighted by Gasteiger charge is -2.43. The number of hydrogen-bond acceptors (Lipinski definition) is 6. The van der Waals surface area contributed by atoms with E-state index >= 15 is 0 Å². The molecule has 0 saturated carbocycles. The standard InChI is InChI=1S/C24H23Cl2N3OS2/c1-4-31-19-5-6-32-22(19)20-16(12-27)23(28)29(15-8-13(25)7-14(26)9-15)17-10-24(2,3)11-18(30)21(17)20/h5-9,20H,4,10-11,28H2,1-3H3/t20-/m0/s1. The van der Waals surface area contributed by atoms with Gasteiger partial charge >= 0.3 is 0 Å². The van der Waals surface area contributed by atoms with E-state index in [0.717, 1.165) is 21.2 Å². The van der Waals surface area contributed by atoms with E-state index in [1.165, 1.54) is 0 Å². The number of nitrogens with zero attached hydrogens (tertiary/aromatic N) is 2. The molecule has 8 heteroatoms. The summed E-state index contributed by atoms with van der Waals surface area (Å²) in [7, 11) is 0. The summed E-state index contributed by atoms with van der Waals surface area (Å²) in [6.07, 6.45) is 1.07. The third kappa shape index (κ3) is 4.08. The molecule has 0 fully saturated rings. The molecule has 4 rings (SSSR count). The second-order valence-corrected chi connectivity index (χ2v) is 11.8. The molecule has 0 amide bonds. The number of carbonyl (C=O) groups excluding carboxylic acids is 1. The maximum Gasteiger partial charge on any atom is 0.162 e. The molecule has 1 aromatic carbocycles. The number of halogens is 2. The van der Waals surface area contributed by atoms with Crippen molar-refractivity contribution in [3.63, 3.8) is 0 Å². The van der Waals surface area contributed by atoms with Crippen LogP contribution in [0, 0.1) is 16.7 Å². The predicted molar refractivity (Wildman–Crippen MR) is 134 cm³/mol. The van der Waals surface area contributed by atoms with Gasteiger partial charge in [-0.2, -0.15) is 5.26 Å². The van der Waals surface area contributed by atoms with Gasteiger partial charge in [-0.15, -0.1) is 23.1 Å². The lowest BCUT2D eigenvalue weighted by atomic mass is 9.69. The molecule has 166 valence electrons. The van der Waals surface area contributed by atoms with Gasteiger partial charge in [-0.1, -0.05) is 44.0 Å². The highest BCUT2D eigenvalue weighted by atomic mass is 35.5. The Morgan fingerprint density at radius 1 is 1.28 bits per heavy atom. The Bertz CT molecular complexity index is 1190. The zero-order chi connectivity index (χ0) is 23.2. The molecule has 1 aliphatic carbocycles. The zero-order valence-corrected chi connectivity index (χ0v) is 21.2. The Kier molecular flexibility index (Phi) is 6.39. The fourth-order valence-corrected chi connectivity index (χ4v) is 7.09. The van der Waals surface area contributed by atoms with Crippen LogP contribution in [0.15, 0.2) is 57.2 Å². The van der Waals surface area contributed by atoms with Gasteiger partial charge in [-0.05, 0) is 47.2 Å². The van der Waals surface area contributed by atoms with E-state index in [1.807, 2.05) is 5.38 Å². The average Bonchev–Trinajstić information content (AvgIpc) is 3.13. The predicted octanol–water partition coefficient (Wildman–Crippen LogP) is 7.11. The number of ketones is 1. The smallest absolute Gasteiger partial charge is 0.162 e. The highest BCUT2D eigenvalue weighted by Crippen LogP contribution is 2.52. The molecular weight excluding hydrogens is 481 g/mol. The SMILES string of the molecule is CCSc1ccsc1[C@H]1C(C#N)=C(N)N(c2cc(Cl)cc(Cl)c2)C2=C1C(=O)CC(C)(C)C2. The molecule has 1 aromatic heterocycles. The van der Waals surface area contributed by atoms with Crippen molar-refractivity contribution in [1.29, 1.82) is 5.26 Å². The maximum atomic E-state index is 13.6. The van der Waals surface area contributed by atoms with Gasteiger partial charge in [0.2, 0.25) is 0 Å². The number of thiophene rings is 1. The van der Waals surface area contributed by atoms with E-state index in [2.05, 4.69) is 32.9 Å². The summed E-state index contributed by atoms with van der Waals surface area (Å²) in [5.74, 6) is 0.817. The lowest BCUT2D eigenvalue weighted by Crippen LogP contribution is -2.42. The van der Waals surface area contributed by atoms with Crippen LogP contribution in [0.2, 0.25) is 10.0 Å². The Labute approximate surface area is 206 Å². The van der Waals surface area contributed by atoms with Gasteiger partial charge in [0.15, 0.2) is 5.78 Å². The molecular formula is C24H23Cl2N3OS2. The lowest BCUT2D eigenvalue weighted by molar-refractivity contribution is -0.118. The highest BCUT2D eigenvalue weighted by molar-refractivity contribution is 7.99. The zero-order valence-electron chi connectivity index (χ0n) is 18.0. The van der Waals surface area contributed by atoms with Gasteiger partial charge in [-0.25, -0.2) is 0 Å². The molecule has 2 N–H and O–H groups in total. The van der Waals surface area contributed by atoms with Gasteiger partial charge in [0.1, 0.15) is 5.82 Å². The number of carbonyl (C=O) groups is 1. The van der Waals surface area contributed by atoms with Crippen molar-refractivity contribution < 1.29 is 4.79 Å². The Hall–Kier alpha value is -1.91. The molecule has 0 spiro atoms. The van der Waals surface area contributed by atoms with E-state index in [0.29, 0.717) is 45.5 Å². The molecule has 1 aliphatic heterocycles. The van der Waals surface area contributed by atoms with Crippen molar-refractivity contribution in [1.82, 2.24) is 0 Å². The van der Waals surface area contributed by atoms with Crippen LogP contribution in [0.1, 0.15) is 44.4 Å². The number of nitriles is 1. The second-order valence-electron chi connectivity index (χ2n) is 8.69. The normalized spacial score (nSPS) is 20.4. The summed E-state index contributed by atoms with van der Waals surface area (Å²) in [5.41, 5.74) is 8.96. The fraction of sp³-hybridized carbons (Fsp3) is 0.333. The minimum atomic E-state index is -0.460. The van der Waals surface area contributed by atoms with Crippen molar-refractivity contribution in [2.75, 3.05) is 10.7 Å². The van der Waals surface area contributed by atoms with Gasteiger partial charge < -0.3 is 5.73 Å². The Morgan fingerprint density at radius 3 is 2.59 bits per heavy atom. The number of benzene rings is 1. The van der Waals surface area contributed by atoms with Crippen LogP contribution in [0.4, 0.5) is 5.69 Å². The maximum absolute atomic E-state index is 13.6. The molecule has 0 saturated heterocycles. The van der Waals surface area contributed by atoms with Gasteiger partial charge in [-0.3, -0.25) is 9.69 Å². The number of Topliss-reactive ketones (excluding diaryl/α,β-unsaturated/α-hetero) is 1. The molecule has 2 aromatic rings.